The molecule has 0 unspecified atom stereocenters. The van der Waals surface area contributed by atoms with Gasteiger partial charge in [-0.15, -0.1) is 0 Å². The average molecular weight is 635 g/mol. The first-order chi connectivity index (χ1) is 21.7. The number of aromatic nitrogens is 6. The topological polar surface area (TPSA) is 94.6 Å². The smallest absolute Gasteiger partial charge is 0.416 e. The van der Waals surface area contributed by atoms with Gasteiger partial charge in [-0.25, -0.2) is 9.50 Å². The Bertz CT molecular complexity index is 2000. The maximum Gasteiger partial charge on any atom is 0.416 e. The van der Waals surface area contributed by atoms with Crippen molar-refractivity contribution in [2.24, 2.45) is 7.05 Å². The Kier molecular flexibility index (Phi) is 7.42. The molecule has 0 amide bonds. The Labute approximate surface area is 260 Å². The van der Waals surface area contributed by atoms with Crippen LogP contribution in [0.1, 0.15) is 17.5 Å². The Balaban J connectivity index is 1.14. The second-order valence-electron chi connectivity index (χ2n) is 10.7. The standard InChI is InChI=1S/C31H26ClF3N8O2/c1-41-28-27(32)26(45-25-16-38-43-10-8-36-14-24(25)43)15-37-29(28)40-30(41)39-21-11-20(31(33,34)35)12-22(13-21)42-9-7-23(17-42)44-18-19-5-3-2-4-6-19/h2-6,8,10-16,23H,7,9,17-18H2,1H3,(H,37,39,40)/t23-/m1/s1. The summed E-state index contributed by atoms with van der Waals surface area (Å²) < 4.78 is 57.3. The fourth-order valence-electron chi connectivity index (χ4n) is 5.35. The molecule has 1 fully saturated rings. The van der Waals surface area contributed by atoms with Crippen molar-refractivity contribution in [3.63, 3.8) is 0 Å². The number of pyridine rings is 1. The number of nitrogens with zero attached hydrogens (tertiary/aromatic N) is 7. The van der Waals surface area contributed by atoms with Crippen molar-refractivity contribution < 1.29 is 22.6 Å². The lowest BCUT2D eigenvalue weighted by Crippen LogP contribution is -2.23. The Hall–Kier alpha value is -4.88. The molecule has 2 aromatic carbocycles. The summed E-state index contributed by atoms with van der Waals surface area (Å²) in [5.41, 5.74) is 2.30. The molecular formula is C31H26ClF3N8O2. The van der Waals surface area contributed by atoms with E-state index in [1.54, 1.807) is 40.8 Å². The van der Waals surface area contributed by atoms with Crippen LogP contribution in [0.5, 0.6) is 11.5 Å². The number of rotatable bonds is 8. The van der Waals surface area contributed by atoms with Gasteiger partial charge in [-0.3, -0.25) is 4.98 Å². The van der Waals surface area contributed by atoms with Gasteiger partial charge in [-0.1, -0.05) is 41.9 Å². The van der Waals surface area contributed by atoms with Gasteiger partial charge in [0.05, 0.1) is 36.9 Å². The van der Waals surface area contributed by atoms with Crippen LogP contribution in [-0.2, 0) is 24.6 Å². The first-order valence-electron chi connectivity index (χ1n) is 14.1. The van der Waals surface area contributed by atoms with Crippen LogP contribution >= 0.6 is 11.6 Å². The molecule has 0 aliphatic carbocycles. The minimum absolute atomic E-state index is 0.0994. The van der Waals surface area contributed by atoms with E-state index in [1.807, 2.05) is 35.2 Å². The minimum Gasteiger partial charge on any atom is -0.450 e. The molecule has 5 heterocycles. The van der Waals surface area contributed by atoms with E-state index >= 15 is 0 Å². The number of halogens is 4. The predicted molar refractivity (Wildman–Crippen MR) is 163 cm³/mol. The first kappa shape index (κ1) is 28.9. The molecular weight excluding hydrogens is 609 g/mol. The zero-order valence-corrected chi connectivity index (χ0v) is 24.6. The van der Waals surface area contributed by atoms with E-state index < -0.39 is 11.7 Å². The van der Waals surface area contributed by atoms with E-state index in [0.717, 1.165) is 17.7 Å². The molecule has 7 rings (SSSR count). The lowest BCUT2D eigenvalue weighted by atomic mass is 10.1. The summed E-state index contributed by atoms with van der Waals surface area (Å²) in [5.74, 6) is 0.946. The van der Waals surface area contributed by atoms with Gasteiger partial charge in [-0.05, 0) is 30.2 Å². The summed E-state index contributed by atoms with van der Waals surface area (Å²) in [6.45, 7) is 1.49. The van der Waals surface area contributed by atoms with Gasteiger partial charge in [0, 0.05) is 43.9 Å². The number of nitrogens with one attached hydrogen (secondary N) is 1. The van der Waals surface area contributed by atoms with Crippen molar-refractivity contribution in [3.05, 3.63) is 95.7 Å². The van der Waals surface area contributed by atoms with E-state index in [-0.39, 0.29) is 28.5 Å². The van der Waals surface area contributed by atoms with E-state index in [4.69, 9.17) is 21.1 Å². The number of ether oxygens (including phenoxy) is 2. The van der Waals surface area contributed by atoms with E-state index in [2.05, 4.69) is 25.4 Å². The minimum atomic E-state index is -4.55. The van der Waals surface area contributed by atoms with Crippen molar-refractivity contribution in [1.29, 1.82) is 0 Å². The summed E-state index contributed by atoms with van der Waals surface area (Å²) in [7, 11) is 1.69. The van der Waals surface area contributed by atoms with Crippen LogP contribution in [0.2, 0.25) is 5.02 Å². The van der Waals surface area contributed by atoms with Crippen molar-refractivity contribution in [2.75, 3.05) is 23.3 Å². The van der Waals surface area contributed by atoms with Crippen LogP contribution in [0, 0.1) is 0 Å². The Morgan fingerprint density at radius 2 is 1.91 bits per heavy atom. The van der Waals surface area contributed by atoms with Gasteiger partial charge in [0.25, 0.3) is 0 Å². The summed E-state index contributed by atoms with van der Waals surface area (Å²) in [6, 6.07) is 13.7. The van der Waals surface area contributed by atoms with Gasteiger partial charge in [0.1, 0.15) is 16.1 Å². The fourth-order valence-corrected chi connectivity index (χ4v) is 5.65. The number of hydrogen-bond acceptors (Lipinski definition) is 8. The first-order valence-corrected chi connectivity index (χ1v) is 14.5. The van der Waals surface area contributed by atoms with Crippen LogP contribution in [-0.4, -0.2) is 48.3 Å². The zero-order valence-electron chi connectivity index (χ0n) is 23.9. The number of anilines is 3. The number of fused-ring (bicyclic) bond motifs is 2. The van der Waals surface area contributed by atoms with Gasteiger partial charge in [-0.2, -0.15) is 23.3 Å². The SMILES string of the molecule is Cn1c(Nc2cc(N3CC[C@@H](OCc4ccccc4)C3)cc(C(F)(F)F)c2)nc2ncc(Oc3cnn4ccncc34)c(Cl)c21. The summed E-state index contributed by atoms with van der Waals surface area (Å²) in [6.07, 6.45) is 3.93. The molecule has 6 aromatic rings. The van der Waals surface area contributed by atoms with Crippen LogP contribution < -0.4 is 15.0 Å². The van der Waals surface area contributed by atoms with Crippen molar-refractivity contribution in [1.82, 2.24) is 29.1 Å². The molecule has 230 valence electrons. The lowest BCUT2D eigenvalue weighted by Gasteiger charge is -2.22. The Morgan fingerprint density at radius 1 is 1.07 bits per heavy atom. The number of alkyl halides is 3. The van der Waals surface area contributed by atoms with Crippen LogP contribution in [0.25, 0.3) is 16.7 Å². The van der Waals surface area contributed by atoms with E-state index in [9.17, 15) is 13.2 Å². The number of benzene rings is 2. The molecule has 1 saturated heterocycles. The quantitative estimate of drug-likeness (QED) is 0.191. The van der Waals surface area contributed by atoms with Crippen LogP contribution in [0.3, 0.4) is 0 Å². The molecule has 1 atom stereocenters. The maximum atomic E-state index is 14.0. The van der Waals surface area contributed by atoms with Gasteiger partial charge < -0.3 is 24.3 Å². The molecule has 0 saturated carbocycles. The number of hydrogen-bond donors (Lipinski definition) is 1. The van der Waals surface area contributed by atoms with E-state index in [0.29, 0.717) is 54.2 Å². The molecule has 0 spiro atoms. The second kappa shape index (κ2) is 11.6. The van der Waals surface area contributed by atoms with Crippen LogP contribution in [0.4, 0.5) is 30.5 Å². The summed E-state index contributed by atoms with van der Waals surface area (Å²) in [5, 5.41) is 7.51. The maximum absolute atomic E-state index is 14.0. The average Bonchev–Trinajstić information content (AvgIpc) is 3.76. The van der Waals surface area contributed by atoms with Crippen molar-refractivity contribution in [3.8, 4) is 11.5 Å². The molecule has 0 bridgehead atoms. The third-order valence-corrected chi connectivity index (χ3v) is 8.02. The highest BCUT2D eigenvalue weighted by Gasteiger charge is 2.33. The molecule has 45 heavy (non-hydrogen) atoms. The normalized spacial score (nSPS) is 15.3. The number of aryl methyl sites for hydroxylation is 1. The number of imidazole rings is 1. The van der Waals surface area contributed by atoms with Crippen molar-refractivity contribution in [2.45, 2.75) is 25.3 Å². The largest absolute Gasteiger partial charge is 0.450 e. The summed E-state index contributed by atoms with van der Waals surface area (Å²) in [4.78, 5) is 14.9. The molecule has 0 radical (unpaired) electrons. The predicted octanol–water partition coefficient (Wildman–Crippen LogP) is 7.01. The highest BCUT2D eigenvalue weighted by Crippen LogP contribution is 2.39. The molecule has 10 nitrogen and oxygen atoms in total. The van der Waals surface area contributed by atoms with E-state index in [1.165, 1.54) is 12.4 Å². The molecule has 4 aromatic heterocycles. The van der Waals surface area contributed by atoms with Gasteiger partial charge in [0.15, 0.2) is 17.1 Å². The van der Waals surface area contributed by atoms with Gasteiger partial charge >= 0.3 is 6.18 Å². The molecule has 1 aliphatic heterocycles. The highest BCUT2D eigenvalue weighted by atomic mass is 35.5. The fraction of sp³-hybridized carbons (Fsp3) is 0.226. The Morgan fingerprint density at radius 3 is 2.73 bits per heavy atom. The zero-order chi connectivity index (χ0) is 31.1. The molecule has 1 aliphatic rings. The third-order valence-electron chi connectivity index (χ3n) is 7.65. The summed E-state index contributed by atoms with van der Waals surface area (Å²) >= 11 is 6.74. The van der Waals surface area contributed by atoms with Gasteiger partial charge in [0.2, 0.25) is 5.95 Å². The van der Waals surface area contributed by atoms with Crippen molar-refractivity contribution >= 4 is 45.6 Å². The molecule has 14 heteroatoms. The lowest BCUT2D eigenvalue weighted by molar-refractivity contribution is -0.137. The molecule has 1 N–H and O–H groups in total. The second-order valence-corrected chi connectivity index (χ2v) is 11.0. The monoisotopic (exact) mass is 634 g/mol. The third kappa shape index (κ3) is 5.83. The highest BCUT2D eigenvalue weighted by molar-refractivity contribution is 6.36. The van der Waals surface area contributed by atoms with Crippen LogP contribution in [0.15, 0.2) is 79.5 Å².